The molecular weight excluding hydrogens is 278 g/mol. The number of aromatic hydroxyl groups is 1. The van der Waals surface area contributed by atoms with Gasteiger partial charge in [0.25, 0.3) is 0 Å². The number of fused-ring (bicyclic) bond motifs is 1. The SMILES string of the molecule is C=CC(=O)Oc1c(N(CC)CC)cc(O)c2cc(C)ccc12. The molecule has 0 aliphatic rings. The van der Waals surface area contributed by atoms with Gasteiger partial charge >= 0.3 is 5.97 Å². The minimum absolute atomic E-state index is 0.180. The zero-order valence-electron chi connectivity index (χ0n) is 13.2. The summed E-state index contributed by atoms with van der Waals surface area (Å²) in [5.74, 6) is 0.126. The van der Waals surface area contributed by atoms with Gasteiger partial charge in [0.2, 0.25) is 0 Å². The fourth-order valence-corrected chi connectivity index (χ4v) is 2.53. The minimum Gasteiger partial charge on any atom is -0.507 e. The van der Waals surface area contributed by atoms with Crippen molar-refractivity contribution in [2.24, 2.45) is 0 Å². The molecule has 0 unspecified atom stereocenters. The lowest BCUT2D eigenvalue weighted by Gasteiger charge is -2.25. The van der Waals surface area contributed by atoms with Crippen LogP contribution in [0.5, 0.6) is 11.5 Å². The van der Waals surface area contributed by atoms with Gasteiger partial charge in [0, 0.05) is 36.0 Å². The number of carbonyl (C=O) groups excluding carboxylic acids is 1. The van der Waals surface area contributed by atoms with Crippen molar-refractivity contribution < 1.29 is 14.6 Å². The van der Waals surface area contributed by atoms with E-state index in [1.807, 2.05) is 43.9 Å². The molecule has 22 heavy (non-hydrogen) atoms. The predicted molar refractivity (Wildman–Crippen MR) is 89.7 cm³/mol. The highest BCUT2D eigenvalue weighted by Gasteiger charge is 2.18. The van der Waals surface area contributed by atoms with Crippen LogP contribution in [0.15, 0.2) is 36.9 Å². The normalized spacial score (nSPS) is 10.5. The second-order valence-corrected chi connectivity index (χ2v) is 5.09. The predicted octanol–water partition coefficient (Wildman–Crippen LogP) is 3.79. The van der Waals surface area contributed by atoms with E-state index in [9.17, 15) is 9.90 Å². The number of carbonyl (C=O) groups is 1. The average Bonchev–Trinajstić information content (AvgIpc) is 2.51. The van der Waals surface area contributed by atoms with Crippen LogP contribution < -0.4 is 9.64 Å². The molecule has 0 aromatic heterocycles. The summed E-state index contributed by atoms with van der Waals surface area (Å²) in [6.45, 7) is 10.9. The second kappa shape index (κ2) is 6.52. The lowest BCUT2D eigenvalue weighted by Crippen LogP contribution is -2.23. The van der Waals surface area contributed by atoms with Gasteiger partial charge in [-0.15, -0.1) is 0 Å². The molecule has 2 rings (SSSR count). The minimum atomic E-state index is -0.513. The number of esters is 1. The molecule has 0 saturated heterocycles. The number of anilines is 1. The first-order valence-corrected chi connectivity index (χ1v) is 7.37. The maximum Gasteiger partial charge on any atom is 0.335 e. The molecule has 0 aliphatic carbocycles. The Hall–Kier alpha value is -2.49. The largest absolute Gasteiger partial charge is 0.507 e. The van der Waals surface area contributed by atoms with Gasteiger partial charge in [0.15, 0.2) is 5.75 Å². The van der Waals surface area contributed by atoms with Crippen molar-refractivity contribution >= 4 is 22.4 Å². The summed E-state index contributed by atoms with van der Waals surface area (Å²) >= 11 is 0. The number of hydrogen-bond acceptors (Lipinski definition) is 4. The molecule has 116 valence electrons. The topological polar surface area (TPSA) is 49.8 Å². The van der Waals surface area contributed by atoms with E-state index >= 15 is 0 Å². The average molecular weight is 299 g/mol. The van der Waals surface area contributed by atoms with E-state index < -0.39 is 5.97 Å². The van der Waals surface area contributed by atoms with Gasteiger partial charge in [0.05, 0.1) is 5.69 Å². The fourth-order valence-electron chi connectivity index (χ4n) is 2.53. The number of phenols is 1. The molecule has 2 aromatic carbocycles. The lowest BCUT2D eigenvalue weighted by atomic mass is 10.0. The van der Waals surface area contributed by atoms with Crippen molar-refractivity contribution in [3.05, 3.63) is 42.5 Å². The lowest BCUT2D eigenvalue weighted by molar-refractivity contribution is -0.128. The highest BCUT2D eigenvalue weighted by molar-refractivity contribution is 6.00. The fraction of sp³-hybridized carbons (Fsp3) is 0.278. The quantitative estimate of drug-likeness (QED) is 0.518. The summed E-state index contributed by atoms with van der Waals surface area (Å²) in [5.41, 5.74) is 1.73. The number of hydrogen-bond donors (Lipinski definition) is 1. The Morgan fingerprint density at radius 3 is 2.55 bits per heavy atom. The number of phenolic OH excluding ortho intramolecular Hbond substituents is 1. The summed E-state index contributed by atoms with van der Waals surface area (Å²) in [5, 5.41) is 11.7. The third-order valence-corrected chi connectivity index (χ3v) is 3.68. The summed E-state index contributed by atoms with van der Waals surface area (Å²) < 4.78 is 5.48. The molecule has 0 fully saturated rings. The van der Waals surface area contributed by atoms with Crippen LogP contribution in [-0.4, -0.2) is 24.2 Å². The summed E-state index contributed by atoms with van der Waals surface area (Å²) in [6, 6.07) is 7.32. The number of aryl methyl sites for hydroxylation is 1. The highest BCUT2D eigenvalue weighted by Crippen LogP contribution is 2.42. The molecule has 2 aromatic rings. The van der Waals surface area contributed by atoms with Gasteiger partial charge in [-0.1, -0.05) is 24.3 Å². The molecule has 0 spiro atoms. The standard InChI is InChI=1S/C18H21NO3/c1-5-17(21)22-18-13-9-8-12(4)10-14(13)16(20)11-15(18)19(6-2)7-3/h5,8-11,20H,1,6-7H2,2-4H3. The molecule has 0 amide bonds. The van der Waals surface area contributed by atoms with E-state index in [0.29, 0.717) is 22.2 Å². The molecule has 0 aliphatic heterocycles. The summed E-state index contributed by atoms with van der Waals surface area (Å²) in [7, 11) is 0. The van der Waals surface area contributed by atoms with Crippen LogP contribution in [-0.2, 0) is 4.79 Å². The van der Waals surface area contributed by atoms with Crippen LogP contribution in [0, 0.1) is 6.92 Å². The highest BCUT2D eigenvalue weighted by atomic mass is 16.5. The number of rotatable bonds is 5. The van der Waals surface area contributed by atoms with Gasteiger partial charge in [0.1, 0.15) is 5.75 Å². The van der Waals surface area contributed by atoms with Gasteiger partial charge < -0.3 is 14.7 Å². The Kier molecular flexibility index (Phi) is 4.71. The maximum absolute atomic E-state index is 11.7. The van der Waals surface area contributed by atoms with E-state index in [0.717, 1.165) is 24.7 Å². The molecule has 1 N–H and O–H groups in total. The Morgan fingerprint density at radius 2 is 1.95 bits per heavy atom. The summed E-state index contributed by atoms with van der Waals surface area (Å²) in [4.78, 5) is 13.7. The van der Waals surface area contributed by atoms with Crippen LogP contribution in [0.3, 0.4) is 0 Å². The molecule has 0 heterocycles. The van der Waals surface area contributed by atoms with Gasteiger partial charge in [-0.25, -0.2) is 4.79 Å². The molecule has 0 atom stereocenters. The van der Waals surface area contributed by atoms with E-state index in [-0.39, 0.29) is 5.75 Å². The van der Waals surface area contributed by atoms with Crippen LogP contribution in [0.2, 0.25) is 0 Å². The number of benzene rings is 2. The van der Waals surface area contributed by atoms with Crippen LogP contribution in [0.25, 0.3) is 10.8 Å². The van der Waals surface area contributed by atoms with Gasteiger partial charge in [-0.05, 0) is 26.8 Å². The zero-order chi connectivity index (χ0) is 16.3. The maximum atomic E-state index is 11.7. The Morgan fingerprint density at radius 1 is 1.27 bits per heavy atom. The number of ether oxygens (including phenoxy) is 1. The molecule has 0 radical (unpaired) electrons. The van der Waals surface area contributed by atoms with E-state index in [1.165, 1.54) is 0 Å². The first-order chi connectivity index (χ1) is 10.5. The van der Waals surface area contributed by atoms with Crippen molar-refractivity contribution in [1.29, 1.82) is 0 Å². The first-order valence-electron chi connectivity index (χ1n) is 7.37. The second-order valence-electron chi connectivity index (χ2n) is 5.09. The Labute approximate surface area is 130 Å². The smallest absolute Gasteiger partial charge is 0.335 e. The van der Waals surface area contributed by atoms with Crippen molar-refractivity contribution in [3.63, 3.8) is 0 Å². The van der Waals surface area contributed by atoms with E-state index in [4.69, 9.17) is 4.74 Å². The third-order valence-electron chi connectivity index (χ3n) is 3.68. The molecule has 4 heteroatoms. The molecular formula is C18H21NO3. The zero-order valence-corrected chi connectivity index (χ0v) is 13.2. The van der Waals surface area contributed by atoms with E-state index in [2.05, 4.69) is 6.58 Å². The molecule has 0 bridgehead atoms. The monoisotopic (exact) mass is 299 g/mol. The number of nitrogens with zero attached hydrogens (tertiary/aromatic N) is 1. The van der Waals surface area contributed by atoms with Crippen molar-refractivity contribution in [2.75, 3.05) is 18.0 Å². The van der Waals surface area contributed by atoms with Crippen LogP contribution in [0.4, 0.5) is 5.69 Å². The van der Waals surface area contributed by atoms with E-state index in [1.54, 1.807) is 6.07 Å². The van der Waals surface area contributed by atoms with Crippen molar-refractivity contribution in [3.8, 4) is 11.5 Å². The first kappa shape index (κ1) is 15.9. The Balaban J connectivity index is 2.76. The van der Waals surface area contributed by atoms with Gasteiger partial charge in [-0.3, -0.25) is 0 Å². The van der Waals surface area contributed by atoms with Crippen LogP contribution >= 0.6 is 0 Å². The summed E-state index contributed by atoms with van der Waals surface area (Å²) in [6.07, 6.45) is 1.14. The van der Waals surface area contributed by atoms with Crippen molar-refractivity contribution in [1.82, 2.24) is 0 Å². The Bertz CT molecular complexity index is 718. The third kappa shape index (κ3) is 2.91. The molecule has 4 nitrogen and oxygen atoms in total. The van der Waals surface area contributed by atoms with Crippen molar-refractivity contribution in [2.45, 2.75) is 20.8 Å². The van der Waals surface area contributed by atoms with Crippen LogP contribution in [0.1, 0.15) is 19.4 Å². The van der Waals surface area contributed by atoms with Gasteiger partial charge in [-0.2, -0.15) is 0 Å². The molecule has 0 saturated carbocycles.